The number of piperidine rings is 1. The summed E-state index contributed by atoms with van der Waals surface area (Å²) >= 11 is 6.33. The van der Waals surface area contributed by atoms with E-state index in [0.29, 0.717) is 17.6 Å². The first-order valence-electron chi connectivity index (χ1n) is 11.4. The van der Waals surface area contributed by atoms with E-state index in [2.05, 4.69) is 4.90 Å². The number of ketones is 1. The molecule has 0 radical (unpaired) electrons. The lowest BCUT2D eigenvalue weighted by Crippen LogP contribution is -2.41. The molecule has 6 heteroatoms. The summed E-state index contributed by atoms with van der Waals surface area (Å²) in [5.41, 5.74) is 3.23. The van der Waals surface area contributed by atoms with Crippen LogP contribution in [-0.4, -0.2) is 34.9 Å². The van der Waals surface area contributed by atoms with Gasteiger partial charge in [0.15, 0.2) is 5.78 Å². The Morgan fingerprint density at radius 3 is 2.68 bits per heavy atom. The standard InChI is InChI=1S/C25H28ClFN2O2/c1-15(30)20-11-21(16-4-5-16)24(12-23(20)27)31-19-3-2-10-29(14-19)13-18-8-9-22(26)25(28-18)17-6-7-17/h8-9,11-12,16-17,19H,2-7,10,13-14H2,1H3. The average molecular weight is 443 g/mol. The third kappa shape index (κ3) is 4.78. The van der Waals surface area contributed by atoms with Gasteiger partial charge in [0.2, 0.25) is 0 Å². The molecule has 2 saturated carbocycles. The average Bonchev–Trinajstić information content (AvgIpc) is 3.62. The smallest absolute Gasteiger partial charge is 0.162 e. The number of hydrogen-bond donors (Lipinski definition) is 0. The number of halogens is 2. The van der Waals surface area contributed by atoms with Crippen LogP contribution in [0.5, 0.6) is 5.75 Å². The summed E-state index contributed by atoms with van der Waals surface area (Å²) in [5, 5.41) is 0.773. The Kier molecular flexibility index (Phi) is 5.74. The van der Waals surface area contributed by atoms with Gasteiger partial charge in [-0.1, -0.05) is 11.6 Å². The summed E-state index contributed by atoms with van der Waals surface area (Å²) in [7, 11) is 0. The largest absolute Gasteiger partial charge is 0.489 e. The number of carbonyl (C=O) groups is 1. The Morgan fingerprint density at radius 1 is 1.19 bits per heavy atom. The molecule has 1 aliphatic heterocycles. The minimum atomic E-state index is -0.488. The van der Waals surface area contributed by atoms with Crippen LogP contribution in [-0.2, 0) is 6.54 Å². The second kappa shape index (κ2) is 8.51. The van der Waals surface area contributed by atoms with Gasteiger partial charge in [-0.25, -0.2) is 4.39 Å². The Balaban J connectivity index is 1.29. The molecule has 0 bridgehead atoms. The summed E-state index contributed by atoms with van der Waals surface area (Å²) in [6, 6.07) is 7.12. The summed E-state index contributed by atoms with van der Waals surface area (Å²) < 4.78 is 20.8. The summed E-state index contributed by atoms with van der Waals surface area (Å²) in [5.74, 6) is 0.789. The molecule has 3 fully saturated rings. The molecular weight excluding hydrogens is 415 g/mol. The van der Waals surface area contributed by atoms with E-state index in [9.17, 15) is 9.18 Å². The highest BCUT2D eigenvalue weighted by atomic mass is 35.5. The van der Waals surface area contributed by atoms with Crippen LogP contribution in [0.2, 0.25) is 5.02 Å². The summed E-state index contributed by atoms with van der Waals surface area (Å²) in [4.78, 5) is 19.0. The van der Waals surface area contributed by atoms with Crippen LogP contribution in [0.15, 0.2) is 24.3 Å². The molecule has 1 aromatic carbocycles. The molecule has 0 spiro atoms. The van der Waals surface area contributed by atoms with Crippen LogP contribution in [0.25, 0.3) is 0 Å². The second-order valence-electron chi connectivity index (χ2n) is 9.26. The fourth-order valence-electron chi connectivity index (χ4n) is 4.55. The molecule has 31 heavy (non-hydrogen) atoms. The highest BCUT2D eigenvalue weighted by Gasteiger charge is 2.31. The lowest BCUT2D eigenvalue weighted by molar-refractivity contribution is 0.0825. The van der Waals surface area contributed by atoms with Crippen molar-refractivity contribution in [3.63, 3.8) is 0 Å². The van der Waals surface area contributed by atoms with Crippen LogP contribution in [0.1, 0.15) is 84.6 Å². The molecule has 5 rings (SSSR count). The zero-order valence-corrected chi connectivity index (χ0v) is 18.6. The highest BCUT2D eigenvalue weighted by molar-refractivity contribution is 6.31. The van der Waals surface area contributed by atoms with E-state index in [1.165, 1.54) is 25.8 Å². The monoisotopic (exact) mass is 442 g/mol. The van der Waals surface area contributed by atoms with E-state index in [0.717, 1.165) is 67.3 Å². The molecule has 3 aliphatic rings. The van der Waals surface area contributed by atoms with Gasteiger partial charge in [-0.15, -0.1) is 0 Å². The van der Waals surface area contributed by atoms with Crippen molar-refractivity contribution in [2.75, 3.05) is 13.1 Å². The number of Topliss-reactive ketones (excluding diaryl/α,β-unsaturated/α-hetero) is 1. The number of aromatic nitrogens is 1. The zero-order chi connectivity index (χ0) is 21.5. The summed E-state index contributed by atoms with van der Waals surface area (Å²) in [6.07, 6.45) is 6.47. The highest BCUT2D eigenvalue weighted by Crippen LogP contribution is 2.46. The normalized spacial score (nSPS) is 21.8. The Morgan fingerprint density at radius 2 is 1.97 bits per heavy atom. The molecule has 1 atom stereocenters. The van der Waals surface area contributed by atoms with Crippen molar-refractivity contribution in [1.82, 2.24) is 9.88 Å². The maximum absolute atomic E-state index is 14.5. The Labute approximate surface area is 187 Å². The zero-order valence-electron chi connectivity index (χ0n) is 17.9. The third-order valence-corrected chi connectivity index (χ3v) is 6.85. The topological polar surface area (TPSA) is 42.4 Å². The predicted octanol–water partition coefficient (Wildman–Crippen LogP) is 5.87. The van der Waals surface area contributed by atoms with Crippen molar-refractivity contribution >= 4 is 17.4 Å². The van der Waals surface area contributed by atoms with Crippen molar-refractivity contribution in [2.45, 2.75) is 69.9 Å². The maximum atomic E-state index is 14.5. The Hall–Kier alpha value is -1.98. The van der Waals surface area contributed by atoms with E-state index in [1.54, 1.807) is 6.07 Å². The van der Waals surface area contributed by atoms with Gasteiger partial charge in [0.05, 0.1) is 22.0 Å². The molecule has 1 aromatic heterocycles. The number of ether oxygens (including phenoxy) is 1. The van der Waals surface area contributed by atoms with Gasteiger partial charge in [0, 0.05) is 25.1 Å². The SMILES string of the molecule is CC(=O)c1cc(C2CC2)c(OC2CCCN(Cc3ccc(Cl)c(C4CC4)n3)C2)cc1F. The first-order valence-corrected chi connectivity index (χ1v) is 11.7. The third-order valence-electron chi connectivity index (χ3n) is 6.53. The van der Waals surface area contributed by atoms with Crippen molar-refractivity contribution in [3.05, 3.63) is 57.6 Å². The number of benzene rings is 1. The van der Waals surface area contributed by atoms with Crippen LogP contribution in [0.4, 0.5) is 4.39 Å². The summed E-state index contributed by atoms with van der Waals surface area (Å²) in [6.45, 7) is 3.96. The van der Waals surface area contributed by atoms with Crippen LogP contribution < -0.4 is 4.74 Å². The lowest BCUT2D eigenvalue weighted by Gasteiger charge is -2.33. The number of carbonyl (C=O) groups excluding carboxylic acids is 1. The van der Waals surface area contributed by atoms with Crippen LogP contribution in [0.3, 0.4) is 0 Å². The molecule has 2 aromatic rings. The minimum Gasteiger partial charge on any atom is -0.489 e. The quantitative estimate of drug-likeness (QED) is 0.502. The molecule has 0 amide bonds. The number of pyridine rings is 1. The fourth-order valence-corrected chi connectivity index (χ4v) is 4.81. The first-order chi connectivity index (χ1) is 15.0. The van der Waals surface area contributed by atoms with Gasteiger partial charge in [0.1, 0.15) is 17.7 Å². The van der Waals surface area contributed by atoms with Crippen molar-refractivity contribution in [2.24, 2.45) is 0 Å². The fraction of sp³-hybridized carbons (Fsp3) is 0.520. The van der Waals surface area contributed by atoms with E-state index in [-0.39, 0.29) is 17.5 Å². The molecule has 1 saturated heterocycles. The molecule has 2 heterocycles. The number of nitrogens with zero attached hydrogens (tertiary/aromatic N) is 2. The van der Waals surface area contributed by atoms with Crippen LogP contribution in [0, 0.1) is 5.82 Å². The van der Waals surface area contributed by atoms with Gasteiger partial charge in [-0.3, -0.25) is 14.7 Å². The first kappa shape index (κ1) is 20.9. The van der Waals surface area contributed by atoms with Crippen molar-refractivity contribution in [1.29, 1.82) is 0 Å². The number of hydrogen-bond acceptors (Lipinski definition) is 4. The molecule has 164 valence electrons. The van der Waals surface area contributed by atoms with E-state index >= 15 is 0 Å². The van der Waals surface area contributed by atoms with Crippen LogP contribution >= 0.6 is 11.6 Å². The van der Waals surface area contributed by atoms with Gasteiger partial charge < -0.3 is 4.74 Å². The van der Waals surface area contributed by atoms with E-state index in [4.69, 9.17) is 21.3 Å². The molecule has 0 N–H and O–H groups in total. The molecule has 4 nitrogen and oxygen atoms in total. The van der Waals surface area contributed by atoms with Gasteiger partial charge in [-0.2, -0.15) is 0 Å². The molecule has 1 unspecified atom stereocenters. The van der Waals surface area contributed by atoms with Gasteiger partial charge in [-0.05, 0) is 81.7 Å². The van der Waals surface area contributed by atoms with E-state index in [1.807, 2.05) is 12.1 Å². The number of rotatable bonds is 7. The molecular formula is C25H28ClFN2O2. The Bertz CT molecular complexity index is 1000. The predicted molar refractivity (Wildman–Crippen MR) is 119 cm³/mol. The lowest BCUT2D eigenvalue weighted by atomic mass is 10.0. The van der Waals surface area contributed by atoms with E-state index < -0.39 is 5.82 Å². The van der Waals surface area contributed by atoms with Gasteiger partial charge >= 0.3 is 0 Å². The number of likely N-dealkylation sites (tertiary alicyclic amines) is 1. The van der Waals surface area contributed by atoms with Crippen molar-refractivity contribution in [3.8, 4) is 5.75 Å². The van der Waals surface area contributed by atoms with Gasteiger partial charge in [0.25, 0.3) is 0 Å². The van der Waals surface area contributed by atoms with Crippen molar-refractivity contribution < 1.29 is 13.9 Å². The minimum absolute atomic E-state index is 0.00373. The maximum Gasteiger partial charge on any atom is 0.162 e. The molecule has 2 aliphatic carbocycles. The second-order valence-corrected chi connectivity index (χ2v) is 9.67.